The summed E-state index contributed by atoms with van der Waals surface area (Å²) in [4.78, 5) is 4.61. The zero-order valence-corrected chi connectivity index (χ0v) is 10.8. The molecule has 16 heavy (non-hydrogen) atoms. The Kier molecular flexibility index (Phi) is 3.20. The van der Waals surface area contributed by atoms with E-state index in [1.165, 1.54) is 11.1 Å². The van der Waals surface area contributed by atoms with Crippen LogP contribution in [0.4, 0.5) is 0 Å². The van der Waals surface area contributed by atoms with Crippen LogP contribution in [0, 0.1) is 12.8 Å². The molecule has 2 rings (SSSR count). The first-order chi connectivity index (χ1) is 7.63. The van der Waals surface area contributed by atoms with Crippen molar-refractivity contribution < 1.29 is 0 Å². The highest BCUT2D eigenvalue weighted by Crippen LogP contribution is 2.21. The van der Waals surface area contributed by atoms with Crippen LogP contribution in [0.3, 0.4) is 0 Å². The van der Waals surface area contributed by atoms with Crippen LogP contribution < -0.4 is 0 Å². The molecule has 0 fully saturated rings. The van der Waals surface area contributed by atoms with Gasteiger partial charge in [0.2, 0.25) is 0 Å². The van der Waals surface area contributed by atoms with Crippen molar-refractivity contribution in [2.75, 3.05) is 0 Å². The number of hydrogen-bond acceptors (Lipinski definition) is 1. The fourth-order valence-electron chi connectivity index (χ4n) is 2.01. The van der Waals surface area contributed by atoms with E-state index in [9.17, 15) is 0 Å². The zero-order valence-electron chi connectivity index (χ0n) is 10.00. The Morgan fingerprint density at radius 3 is 2.75 bits per heavy atom. The lowest BCUT2D eigenvalue weighted by molar-refractivity contribution is 0.522. The van der Waals surface area contributed by atoms with E-state index in [2.05, 4.69) is 48.5 Å². The number of fused-ring (bicyclic) bond motifs is 1. The summed E-state index contributed by atoms with van der Waals surface area (Å²) in [5.74, 6) is 2.04. The Morgan fingerprint density at radius 1 is 1.38 bits per heavy atom. The molecule has 0 amide bonds. The minimum absolute atomic E-state index is 0.473. The van der Waals surface area contributed by atoms with Gasteiger partial charge in [0.05, 0.1) is 16.9 Å². The highest BCUT2D eigenvalue weighted by atomic mass is 35.5. The molecule has 1 aromatic heterocycles. The number of aryl methyl sites for hydroxylation is 1. The highest BCUT2D eigenvalue weighted by Gasteiger charge is 2.11. The van der Waals surface area contributed by atoms with Gasteiger partial charge >= 0.3 is 0 Å². The Hall–Kier alpha value is -1.02. The number of para-hydroxylation sites is 1. The van der Waals surface area contributed by atoms with Gasteiger partial charge in [0.25, 0.3) is 0 Å². The normalized spacial score (nSPS) is 11.6. The molecule has 0 aliphatic carbocycles. The van der Waals surface area contributed by atoms with E-state index in [0.717, 1.165) is 17.9 Å². The first-order valence-corrected chi connectivity index (χ1v) is 6.17. The van der Waals surface area contributed by atoms with E-state index >= 15 is 0 Å². The third-order valence-electron chi connectivity index (χ3n) is 2.73. The monoisotopic (exact) mass is 236 g/mol. The second kappa shape index (κ2) is 4.46. The van der Waals surface area contributed by atoms with E-state index in [1.54, 1.807) is 0 Å². The summed E-state index contributed by atoms with van der Waals surface area (Å²) in [6.45, 7) is 7.48. The third-order valence-corrected chi connectivity index (χ3v) is 2.97. The number of nitrogens with zero attached hydrogens (tertiary/aromatic N) is 2. The Labute approximate surface area is 101 Å². The highest BCUT2D eigenvalue weighted by molar-refractivity contribution is 6.16. The van der Waals surface area contributed by atoms with Gasteiger partial charge in [-0.15, -0.1) is 11.6 Å². The maximum Gasteiger partial charge on any atom is 0.124 e. The Balaban J connectivity index is 2.64. The van der Waals surface area contributed by atoms with E-state index in [4.69, 9.17) is 11.6 Å². The molecule has 0 saturated carbocycles. The lowest BCUT2D eigenvalue weighted by Crippen LogP contribution is -2.07. The van der Waals surface area contributed by atoms with Crippen LogP contribution in [-0.2, 0) is 12.4 Å². The van der Waals surface area contributed by atoms with Crippen LogP contribution in [0.15, 0.2) is 18.2 Å². The molecule has 2 aromatic rings. The fourth-order valence-corrected chi connectivity index (χ4v) is 2.21. The molecule has 0 atom stereocenters. The number of halogens is 1. The van der Waals surface area contributed by atoms with Crippen molar-refractivity contribution in [2.45, 2.75) is 33.2 Å². The quantitative estimate of drug-likeness (QED) is 0.743. The topological polar surface area (TPSA) is 17.8 Å². The van der Waals surface area contributed by atoms with E-state index in [0.29, 0.717) is 11.8 Å². The molecule has 3 heteroatoms. The molecular formula is C13H17ClN2. The minimum atomic E-state index is 0.473. The lowest BCUT2D eigenvalue weighted by atomic mass is 10.2. The standard InChI is InChI=1S/C13H17ClN2/c1-9(2)8-16-11-6-4-5-10(3)13(11)15-12(16)7-14/h4-6,9H,7-8H2,1-3H3. The van der Waals surface area contributed by atoms with Gasteiger partial charge in [-0.1, -0.05) is 26.0 Å². The van der Waals surface area contributed by atoms with Gasteiger partial charge in [-0.2, -0.15) is 0 Å². The second-order valence-electron chi connectivity index (χ2n) is 4.61. The number of benzene rings is 1. The summed E-state index contributed by atoms with van der Waals surface area (Å²) in [5.41, 5.74) is 3.49. The summed E-state index contributed by atoms with van der Waals surface area (Å²) in [5, 5.41) is 0. The molecular weight excluding hydrogens is 220 g/mol. The van der Waals surface area contributed by atoms with Crippen molar-refractivity contribution in [1.82, 2.24) is 9.55 Å². The largest absolute Gasteiger partial charge is 0.327 e. The van der Waals surface area contributed by atoms with Crippen LogP contribution in [0.5, 0.6) is 0 Å². The maximum atomic E-state index is 5.96. The predicted octanol–water partition coefficient (Wildman–Crippen LogP) is 3.74. The van der Waals surface area contributed by atoms with Gasteiger partial charge in [-0.3, -0.25) is 0 Å². The number of imidazole rings is 1. The summed E-state index contributed by atoms with van der Waals surface area (Å²) < 4.78 is 2.24. The molecule has 0 unspecified atom stereocenters. The third kappa shape index (κ3) is 1.94. The molecule has 0 bridgehead atoms. The number of alkyl halides is 1. The van der Waals surface area contributed by atoms with Gasteiger partial charge < -0.3 is 4.57 Å². The van der Waals surface area contributed by atoms with Gasteiger partial charge in [0, 0.05) is 6.54 Å². The molecule has 0 aliphatic heterocycles. The molecule has 0 N–H and O–H groups in total. The molecule has 86 valence electrons. The van der Waals surface area contributed by atoms with Crippen LogP contribution >= 0.6 is 11.6 Å². The first-order valence-electron chi connectivity index (χ1n) is 5.64. The first kappa shape index (κ1) is 11.5. The van der Waals surface area contributed by atoms with Crippen molar-refractivity contribution in [2.24, 2.45) is 5.92 Å². The van der Waals surface area contributed by atoms with Crippen molar-refractivity contribution >= 4 is 22.6 Å². The second-order valence-corrected chi connectivity index (χ2v) is 4.88. The van der Waals surface area contributed by atoms with E-state index in [1.807, 2.05) is 0 Å². The van der Waals surface area contributed by atoms with Crippen molar-refractivity contribution in [1.29, 1.82) is 0 Å². The lowest BCUT2D eigenvalue weighted by Gasteiger charge is -2.10. The summed E-state index contributed by atoms with van der Waals surface area (Å²) in [6.07, 6.45) is 0. The van der Waals surface area contributed by atoms with Crippen molar-refractivity contribution in [3.63, 3.8) is 0 Å². The van der Waals surface area contributed by atoms with Crippen LogP contribution in [0.25, 0.3) is 11.0 Å². The fraction of sp³-hybridized carbons (Fsp3) is 0.462. The molecule has 0 radical (unpaired) electrons. The number of aromatic nitrogens is 2. The van der Waals surface area contributed by atoms with Crippen LogP contribution in [0.1, 0.15) is 25.2 Å². The Morgan fingerprint density at radius 2 is 2.12 bits per heavy atom. The maximum absolute atomic E-state index is 5.96. The summed E-state index contributed by atoms with van der Waals surface area (Å²) in [6, 6.07) is 6.29. The molecule has 0 aliphatic rings. The molecule has 1 heterocycles. The molecule has 0 spiro atoms. The average Bonchev–Trinajstić information content (AvgIpc) is 2.58. The SMILES string of the molecule is Cc1cccc2c1nc(CCl)n2CC(C)C. The van der Waals surface area contributed by atoms with E-state index < -0.39 is 0 Å². The van der Waals surface area contributed by atoms with Crippen molar-refractivity contribution in [3.8, 4) is 0 Å². The summed E-state index contributed by atoms with van der Waals surface area (Å²) >= 11 is 5.96. The van der Waals surface area contributed by atoms with Gasteiger partial charge in [0.1, 0.15) is 5.82 Å². The minimum Gasteiger partial charge on any atom is -0.327 e. The predicted molar refractivity (Wildman–Crippen MR) is 68.9 cm³/mol. The van der Waals surface area contributed by atoms with Gasteiger partial charge in [-0.05, 0) is 24.5 Å². The van der Waals surface area contributed by atoms with Crippen molar-refractivity contribution in [3.05, 3.63) is 29.6 Å². The zero-order chi connectivity index (χ0) is 11.7. The summed E-state index contributed by atoms with van der Waals surface area (Å²) in [7, 11) is 0. The van der Waals surface area contributed by atoms with Crippen LogP contribution in [0.2, 0.25) is 0 Å². The molecule has 0 saturated heterocycles. The van der Waals surface area contributed by atoms with Gasteiger partial charge in [0.15, 0.2) is 0 Å². The molecule has 2 nitrogen and oxygen atoms in total. The van der Waals surface area contributed by atoms with Crippen LogP contribution in [-0.4, -0.2) is 9.55 Å². The smallest absolute Gasteiger partial charge is 0.124 e. The average molecular weight is 237 g/mol. The van der Waals surface area contributed by atoms with E-state index in [-0.39, 0.29) is 0 Å². The number of rotatable bonds is 3. The number of hydrogen-bond donors (Lipinski definition) is 0. The Bertz CT molecular complexity index is 500. The molecule has 1 aromatic carbocycles. The van der Waals surface area contributed by atoms with Gasteiger partial charge in [-0.25, -0.2) is 4.98 Å².